The first-order valence-corrected chi connectivity index (χ1v) is 14.4. The van der Waals surface area contributed by atoms with E-state index in [2.05, 4.69) is 17.5 Å². The van der Waals surface area contributed by atoms with Crippen LogP contribution in [0.1, 0.15) is 80.6 Å². The van der Waals surface area contributed by atoms with Crippen molar-refractivity contribution in [2.45, 2.75) is 88.9 Å². The van der Waals surface area contributed by atoms with E-state index in [9.17, 15) is 24.9 Å². The molecular weight excluding hydrogens is 496 g/mol. The molecule has 1 aromatic carbocycles. The Balaban J connectivity index is 1.33. The molecule has 0 radical (unpaired) electrons. The molecule has 0 aromatic heterocycles. The van der Waals surface area contributed by atoms with Gasteiger partial charge < -0.3 is 20.1 Å². The lowest BCUT2D eigenvalue weighted by atomic mass is 9.41. The number of rotatable bonds is 4. The molecule has 1 heterocycles. The van der Waals surface area contributed by atoms with Crippen LogP contribution in [-0.4, -0.2) is 57.3 Å². The number of hydrogen-bond donors (Lipinski definition) is 4. The highest BCUT2D eigenvalue weighted by Crippen LogP contribution is 2.70. The largest absolute Gasteiger partial charge is 0.458 e. The minimum Gasteiger partial charge on any atom is -0.458 e. The summed E-state index contributed by atoms with van der Waals surface area (Å²) in [7, 11) is 0. The topological polar surface area (TPSA) is 128 Å². The number of aryl methyl sites for hydroxylation is 1. The Bertz CT molecular complexity index is 1250. The van der Waals surface area contributed by atoms with Crippen molar-refractivity contribution < 1.29 is 29.6 Å². The minimum atomic E-state index is -1.17. The Morgan fingerprint density at radius 1 is 1.08 bits per heavy atom. The summed E-state index contributed by atoms with van der Waals surface area (Å²) in [6, 6.07) is 7.33. The van der Waals surface area contributed by atoms with Gasteiger partial charge in [-0.1, -0.05) is 25.1 Å². The molecule has 8 atom stereocenters. The predicted molar refractivity (Wildman–Crippen MR) is 145 cm³/mol. The normalized spacial score (nSPS) is 43.3. The number of cyclic esters (lactones) is 1. The molecule has 39 heavy (non-hydrogen) atoms. The summed E-state index contributed by atoms with van der Waals surface area (Å²) in [5.41, 5.74) is 1.80. The molecule has 1 aromatic rings. The van der Waals surface area contributed by atoms with Crippen LogP contribution >= 0.6 is 0 Å². The first kappa shape index (κ1) is 26.7. The molecule has 0 saturated heterocycles. The predicted octanol–water partition coefficient (Wildman–Crippen LogP) is 3.42. The second kappa shape index (κ2) is 9.25. The fraction of sp³-hybridized carbons (Fsp3) is 0.645. The molecule has 210 valence electrons. The van der Waals surface area contributed by atoms with Crippen molar-refractivity contribution in [1.82, 2.24) is 5.43 Å². The zero-order valence-electron chi connectivity index (χ0n) is 22.9. The molecule has 4 N–H and O–H groups in total. The monoisotopic (exact) mass is 536 g/mol. The highest BCUT2D eigenvalue weighted by molar-refractivity contribution is 5.95. The first-order chi connectivity index (χ1) is 18.5. The van der Waals surface area contributed by atoms with E-state index < -0.39 is 28.1 Å². The summed E-state index contributed by atoms with van der Waals surface area (Å²) in [5.74, 6) is -0.627. The van der Waals surface area contributed by atoms with E-state index in [0.29, 0.717) is 44.3 Å². The molecular formula is C31H40N2O6. The third-order valence-corrected chi connectivity index (χ3v) is 11.5. The Kier molecular flexibility index (Phi) is 6.32. The van der Waals surface area contributed by atoms with Gasteiger partial charge in [0.1, 0.15) is 6.61 Å². The van der Waals surface area contributed by atoms with Crippen molar-refractivity contribution in [2.24, 2.45) is 33.7 Å². The number of benzene rings is 1. The maximum Gasteiger partial charge on any atom is 0.331 e. The van der Waals surface area contributed by atoms with Gasteiger partial charge in [0.2, 0.25) is 0 Å². The van der Waals surface area contributed by atoms with E-state index >= 15 is 0 Å². The zero-order valence-corrected chi connectivity index (χ0v) is 22.9. The number of amides is 1. The number of fused-ring (bicyclic) bond motifs is 5. The molecule has 1 amide bonds. The molecule has 6 rings (SSSR count). The van der Waals surface area contributed by atoms with Crippen LogP contribution < -0.4 is 5.43 Å². The molecule has 0 bridgehead atoms. The second-order valence-electron chi connectivity index (χ2n) is 13.0. The van der Waals surface area contributed by atoms with E-state index in [1.54, 1.807) is 18.4 Å². The number of carbonyl (C=O) groups is 2. The van der Waals surface area contributed by atoms with Crippen LogP contribution in [0.5, 0.6) is 0 Å². The Hall–Kier alpha value is -2.55. The number of ether oxygens (including phenoxy) is 1. The average Bonchev–Trinajstić information content (AvgIpc) is 3.44. The number of nitrogens with one attached hydrogen (secondary N) is 1. The Labute approximate surface area is 229 Å². The lowest BCUT2D eigenvalue weighted by Crippen LogP contribution is -2.68. The van der Waals surface area contributed by atoms with E-state index in [4.69, 9.17) is 4.74 Å². The number of aliphatic hydroxyl groups is 3. The average molecular weight is 537 g/mol. The second-order valence-corrected chi connectivity index (χ2v) is 13.0. The van der Waals surface area contributed by atoms with Crippen molar-refractivity contribution in [2.75, 3.05) is 6.61 Å². The summed E-state index contributed by atoms with van der Waals surface area (Å²) in [5, 5.41) is 39.6. The van der Waals surface area contributed by atoms with Gasteiger partial charge in [-0.25, -0.2) is 10.2 Å². The van der Waals surface area contributed by atoms with Gasteiger partial charge >= 0.3 is 5.97 Å². The third-order valence-electron chi connectivity index (χ3n) is 11.5. The van der Waals surface area contributed by atoms with Gasteiger partial charge in [0.25, 0.3) is 5.91 Å². The standard InChI is InChI=1S/C31H40N2O6/c1-19-5-3-4-6-22(19)27(36)33-32-18-29-12-7-21(34)16-30(29,37)13-9-25-24(29)8-11-28(2)23(10-14-31(25,28)38)20-15-26(35)39-17-20/h3-6,15,18,21,23-25,34,37-38H,7-14,16-17H2,1-2H3,(H,33,36)/b32-18-/t21-,23-,24+,25-,28-,29+,30-,31-/m1/s1. The van der Waals surface area contributed by atoms with Gasteiger partial charge in [0, 0.05) is 35.1 Å². The van der Waals surface area contributed by atoms with Gasteiger partial charge in [0.05, 0.1) is 17.3 Å². The van der Waals surface area contributed by atoms with Gasteiger partial charge in [-0.15, -0.1) is 0 Å². The molecule has 0 unspecified atom stereocenters. The van der Waals surface area contributed by atoms with Crippen molar-refractivity contribution >= 4 is 18.1 Å². The van der Waals surface area contributed by atoms with Crippen molar-refractivity contribution in [3.8, 4) is 0 Å². The number of aliphatic hydroxyl groups excluding tert-OH is 1. The maximum absolute atomic E-state index is 12.9. The molecule has 5 aliphatic rings. The van der Waals surface area contributed by atoms with E-state index in [1.807, 2.05) is 25.1 Å². The van der Waals surface area contributed by atoms with Crippen molar-refractivity contribution in [3.63, 3.8) is 0 Å². The van der Waals surface area contributed by atoms with Crippen LogP contribution in [0.4, 0.5) is 0 Å². The SMILES string of the molecule is Cc1ccccc1C(=O)N/N=C\[C@]12CC[C@@H](O)C[C@]1(O)CC[C@@H]1[C@@H]2CC[C@]2(C)[C@@H](C3=CC(=O)OC3)CC[C@@]12O. The highest BCUT2D eigenvalue weighted by Gasteiger charge is 2.71. The van der Waals surface area contributed by atoms with E-state index in [1.165, 1.54) is 0 Å². The van der Waals surface area contributed by atoms with E-state index in [-0.39, 0.29) is 36.1 Å². The van der Waals surface area contributed by atoms with Crippen LogP contribution in [0.25, 0.3) is 0 Å². The van der Waals surface area contributed by atoms with Gasteiger partial charge in [0.15, 0.2) is 0 Å². The van der Waals surface area contributed by atoms with Gasteiger partial charge in [-0.2, -0.15) is 5.10 Å². The van der Waals surface area contributed by atoms with Crippen molar-refractivity contribution in [1.29, 1.82) is 0 Å². The summed E-state index contributed by atoms with van der Waals surface area (Å²) in [4.78, 5) is 24.7. The minimum absolute atomic E-state index is 0.0462. The molecule has 4 fully saturated rings. The zero-order chi connectivity index (χ0) is 27.6. The summed E-state index contributed by atoms with van der Waals surface area (Å²) < 4.78 is 5.23. The number of carbonyl (C=O) groups excluding carboxylic acids is 2. The van der Waals surface area contributed by atoms with Crippen LogP contribution in [-0.2, 0) is 9.53 Å². The molecule has 1 aliphatic heterocycles. The number of hydrazone groups is 1. The highest BCUT2D eigenvalue weighted by atomic mass is 16.5. The summed E-state index contributed by atoms with van der Waals surface area (Å²) in [6.07, 6.45) is 8.21. The van der Waals surface area contributed by atoms with Crippen LogP contribution in [0.3, 0.4) is 0 Å². The Morgan fingerprint density at radius 3 is 2.59 bits per heavy atom. The first-order valence-electron chi connectivity index (χ1n) is 14.4. The smallest absolute Gasteiger partial charge is 0.331 e. The fourth-order valence-electron chi connectivity index (χ4n) is 9.45. The van der Waals surface area contributed by atoms with Crippen molar-refractivity contribution in [3.05, 3.63) is 47.0 Å². The number of nitrogens with zero attached hydrogens (tertiary/aromatic N) is 1. The lowest BCUT2D eigenvalue weighted by molar-refractivity contribution is -0.237. The van der Waals surface area contributed by atoms with Crippen LogP contribution in [0, 0.1) is 35.5 Å². The van der Waals surface area contributed by atoms with Gasteiger partial charge in [-0.05, 0) is 93.2 Å². The summed E-state index contributed by atoms with van der Waals surface area (Å²) in [6.45, 7) is 4.35. The molecule has 0 spiro atoms. The molecule has 4 saturated carbocycles. The van der Waals surface area contributed by atoms with Crippen LogP contribution in [0.2, 0.25) is 0 Å². The van der Waals surface area contributed by atoms with Gasteiger partial charge in [-0.3, -0.25) is 4.79 Å². The molecule has 4 aliphatic carbocycles. The van der Waals surface area contributed by atoms with Crippen LogP contribution in [0.15, 0.2) is 41.0 Å². The third kappa shape index (κ3) is 3.85. The number of esters is 1. The Morgan fingerprint density at radius 2 is 1.85 bits per heavy atom. The molecule has 8 heteroatoms. The fourth-order valence-corrected chi connectivity index (χ4v) is 9.45. The lowest BCUT2D eigenvalue weighted by Gasteiger charge is -2.65. The maximum atomic E-state index is 12.9. The van der Waals surface area contributed by atoms with E-state index in [0.717, 1.165) is 30.4 Å². The summed E-state index contributed by atoms with van der Waals surface area (Å²) >= 11 is 0. The quantitative estimate of drug-likeness (QED) is 0.265. The number of hydrogen-bond acceptors (Lipinski definition) is 7. The molecule has 8 nitrogen and oxygen atoms in total.